The van der Waals surface area contributed by atoms with Crippen molar-refractivity contribution in [2.75, 3.05) is 0 Å². The van der Waals surface area contributed by atoms with Gasteiger partial charge in [0.15, 0.2) is 0 Å². The fourth-order valence-electron chi connectivity index (χ4n) is 1.68. The van der Waals surface area contributed by atoms with E-state index in [4.69, 9.17) is 5.11 Å². The maximum atomic E-state index is 13.6. The summed E-state index contributed by atoms with van der Waals surface area (Å²) in [7, 11) is 0. The first kappa shape index (κ1) is 13.5. The molecule has 0 aromatic heterocycles. The number of hydrogen-bond donors (Lipinski definition) is 1. The fourth-order valence-corrected chi connectivity index (χ4v) is 1.68. The molecule has 94 valence electrons. The average molecular weight is 246 g/mol. The van der Waals surface area contributed by atoms with Crippen LogP contribution >= 0.6 is 0 Å². The number of carbonyl (C=O) groups is 1. The predicted molar refractivity (Wildman–Crippen MR) is 56.1 cm³/mol. The summed E-state index contributed by atoms with van der Waals surface area (Å²) >= 11 is 0. The van der Waals surface area contributed by atoms with E-state index in [1.54, 1.807) is 0 Å². The number of aliphatic carboxylic acids is 1. The van der Waals surface area contributed by atoms with Gasteiger partial charge < -0.3 is 5.11 Å². The molecular weight excluding hydrogens is 233 g/mol. The molecule has 0 aliphatic carbocycles. The van der Waals surface area contributed by atoms with E-state index in [-0.39, 0.29) is 0 Å². The molecule has 1 aromatic carbocycles. The Bertz CT molecular complexity index is 434. The maximum Gasteiger partial charge on any atom is 0.314 e. The highest BCUT2D eigenvalue weighted by atomic mass is 19.1. The molecule has 0 saturated heterocycles. The fraction of sp³-hybridized carbons (Fsp3) is 0.417. The van der Waals surface area contributed by atoms with Gasteiger partial charge >= 0.3 is 5.97 Å². The predicted octanol–water partition coefficient (Wildman–Crippen LogP) is 3.10. The molecule has 1 rings (SSSR count). The van der Waals surface area contributed by atoms with Crippen molar-refractivity contribution in [3.05, 3.63) is 35.1 Å². The Morgan fingerprint density at radius 3 is 1.94 bits per heavy atom. The first-order chi connectivity index (χ1) is 7.71. The number of carboxylic acids is 1. The van der Waals surface area contributed by atoms with Gasteiger partial charge in [-0.05, 0) is 12.8 Å². The number of hydrogen-bond acceptors (Lipinski definition) is 1. The lowest BCUT2D eigenvalue weighted by Gasteiger charge is -2.30. The second-order valence-corrected chi connectivity index (χ2v) is 4.41. The van der Waals surface area contributed by atoms with Gasteiger partial charge in [0.05, 0.1) is 5.41 Å². The molecule has 1 atom stereocenters. The summed E-state index contributed by atoms with van der Waals surface area (Å²) in [5, 5.41) is 9.15. The van der Waals surface area contributed by atoms with Crippen molar-refractivity contribution in [2.45, 2.75) is 26.2 Å². The third-order valence-electron chi connectivity index (χ3n) is 3.13. The minimum absolute atomic E-state index is 0.488. The monoisotopic (exact) mass is 246 g/mol. The van der Waals surface area contributed by atoms with Gasteiger partial charge in [0.1, 0.15) is 17.5 Å². The topological polar surface area (TPSA) is 37.3 Å². The standard InChI is InChI=1S/C12H13F3O2/c1-6(2)12(3,11(16)17)10-8(14)4-7(13)5-9(10)15/h4-6H,1-3H3,(H,16,17). The molecule has 0 saturated carbocycles. The molecule has 1 aromatic rings. The summed E-state index contributed by atoms with van der Waals surface area (Å²) in [6, 6.07) is 0.976. The molecule has 0 spiro atoms. The lowest BCUT2D eigenvalue weighted by Crippen LogP contribution is -2.39. The smallest absolute Gasteiger partial charge is 0.314 e. The van der Waals surface area contributed by atoms with Crippen LogP contribution in [0.2, 0.25) is 0 Å². The Hall–Kier alpha value is -1.52. The summed E-state index contributed by atoms with van der Waals surface area (Å²) in [6.45, 7) is 4.30. The van der Waals surface area contributed by atoms with Crippen LogP contribution in [-0.2, 0) is 10.2 Å². The highest BCUT2D eigenvalue weighted by Gasteiger charge is 2.43. The van der Waals surface area contributed by atoms with Crippen molar-refractivity contribution in [3.8, 4) is 0 Å². The second kappa shape index (κ2) is 4.39. The summed E-state index contributed by atoms with van der Waals surface area (Å²) in [5.41, 5.74) is -2.34. The zero-order valence-electron chi connectivity index (χ0n) is 9.72. The molecule has 0 aliphatic heterocycles. The van der Waals surface area contributed by atoms with Crippen molar-refractivity contribution < 1.29 is 23.1 Å². The Labute approximate surface area is 97.1 Å². The van der Waals surface area contributed by atoms with Gasteiger partial charge in [-0.2, -0.15) is 0 Å². The van der Waals surface area contributed by atoms with Gasteiger partial charge in [-0.3, -0.25) is 4.79 Å². The minimum atomic E-state index is -1.73. The Balaban J connectivity index is 3.55. The van der Waals surface area contributed by atoms with Gasteiger partial charge in [0.25, 0.3) is 0 Å². The highest BCUT2D eigenvalue weighted by Crippen LogP contribution is 2.36. The molecule has 2 nitrogen and oxygen atoms in total. The molecular formula is C12H13F3O2. The molecule has 0 heterocycles. The van der Waals surface area contributed by atoms with Crippen molar-refractivity contribution in [1.82, 2.24) is 0 Å². The highest BCUT2D eigenvalue weighted by molar-refractivity contribution is 5.81. The van der Waals surface area contributed by atoms with Crippen LogP contribution in [0.5, 0.6) is 0 Å². The van der Waals surface area contributed by atoms with Crippen LogP contribution in [0, 0.1) is 23.4 Å². The van der Waals surface area contributed by atoms with E-state index in [9.17, 15) is 18.0 Å². The van der Waals surface area contributed by atoms with E-state index in [0.29, 0.717) is 12.1 Å². The largest absolute Gasteiger partial charge is 0.481 e. The average Bonchev–Trinajstić information content (AvgIpc) is 2.14. The van der Waals surface area contributed by atoms with Crippen molar-refractivity contribution >= 4 is 5.97 Å². The van der Waals surface area contributed by atoms with E-state index < -0.39 is 40.3 Å². The van der Waals surface area contributed by atoms with Crippen LogP contribution in [-0.4, -0.2) is 11.1 Å². The molecule has 0 amide bonds. The summed E-state index contributed by atoms with van der Waals surface area (Å²) in [4.78, 5) is 11.2. The first-order valence-corrected chi connectivity index (χ1v) is 5.09. The van der Waals surface area contributed by atoms with E-state index in [1.165, 1.54) is 20.8 Å². The van der Waals surface area contributed by atoms with E-state index >= 15 is 0 Å². The van der Waals surface area contributed by atoms with Gasteiger partial charge in [-0.15, -0.1) is 0 Å². The molecule has 17 heavy (non-hydrogen) atoms. The molecule has 0 radical (unpaired) electrons. The molecule has 0 fully saturated rings. The number of halogens is 3. The lowest BCUT2D eigenvalue weighted by molar-refractivity contribution is -0.145. The third-order valence-corrected chi connectivity index (χ3v) is 3.13. The van der Waals surface area contributed by atoms with Gasteiger partial charge in [-0.1, -0.05) is 13.8 Å². The Kier molecular flexibility index (Phi) is 3.50. The molecule has 5 heteroatoms. The summed E-state index contributed by atoms with van der Waals surface area (Å²) < 4.78 is 39.9. The van der Waals surface area contributed by atoms with E-state index in [0.717, 1.165) is 0 Å². The van der Waals surface area contributed by atoms with Crippen LogP contribution in [0.4, 0.5) is 13.2 Å². The van der Waals surface area contributed by atoms with E-state index in [1.807, 2.05) is 0 Å². The first-order valence-electron chi connectivity index (χ1n) is 5.09. The van der Waals surface area contributed by atoms with Gasteiger partial charge in [0, 0.05) is 17.7 Å². The second-order valence-electron chi connectivity index (χ2n) is 4.41. The number of benzene rings is 1. The molecule has 1 N–H and O–H groups in total. The third kappa shape index (κ3) is 2.14. The molecule has 0 aliphatic rings. The van der Waals surface area contributed by atoms with Crippen LogP contribution in [0.1, 0.15) is 26.3 Å². The quantitative estimate of drug-likeness (QED) is 0.889. The van der Waals surface area contributed by atoms with E-state index in [2.05, 4.69) is 0 Å². The van der Waals surface area contributed by atoms with Crippen LogP contribution in [0.3, 0.4) is 0 Å². The summed E-state index contributed by atoms with van der Waals surface area (Å²) in [6.07, 6.45) is 0. The lowest BCUT2D eigenvalue weighted by atomic mass is 9.73. The van der Waals surface area contributed by atoms with Crippen LogP contribution in [0.15, 0.2) is 12.1 Å². The van der Waals surface area contributed by atoms with Crippen molar-refractivity contribution in [1.29, 1.82) is 0 Å². The molecule has 0 bridgehead atoms. The van der Waals surface area contributed by atoms with Crippen LogP contribution in [0.25, 0.3) is 0 Å². The zero-order valence-corrected chi connectivity index (χ0v) is 9.72. The zero-order chi connectivity index (χ0) is 13.4. The number of rotatable bonds is 3. The number of carboxylic acid groups (broad SMARTS) is 1. The van der Waals surface area contributed by atoms with Crippen LogP contribution < -0.4 is 0 Å². The van der Waals surface area contributed by atoms with Crippen molar-refractivity contribution in [2.24, 2.45) is 5.92 Å². The molecule has 1 unspecified atom stereocenters. The minimum Gasteiger partial charge on any atom is -0.481 e. The maximum absolute atomic E-state index is 13.6. The SMILES string of the molecule is CC(C)C(C)(C(=O)O)c1c(F)cc(F)cc1F. The Morgan fingerprint density at radius 2 is 1.65 bits per heavy atom. The normalized spacial score (nSPS) is 14.8. The Morgan fingerprint density at radius 1 is 1.24 bits per heavy atom. The van der Waals surface area contributed by atoms with Gasteiger partial charge in [0.2, 0.25) is 0 Å². The summed E-state index contributed by atoms with van der Waals surface area (Å²) in [5.74, 6) is -5.33. The van der Waals surface area contributed by atoms with Gasteiger partial charge in [-0.25, -0.2) is 13.2 Å². The van der Waals surface area contributed by atoms with Crippen molar-refractivity contribution in [3.63, 3.8) is 0 Å².